The highest BCUT2D eigenvalue weighted by molar-refractivity contribution is 7.93. The van der Waals surface area contributed by atoms with E-state index >= 15 is 0 Å². The first-order chi connectivity index (χ1) is 13.6. The smallest absolute Gasteiger partial charge is 0.265 e. The van der Waals surface area contributed by atoms with Crippen molar-refractivity contribution < 1.29 is 27.5 Å². The zero-order valence-electron chi connectivity index (χ0n) is 16.3. The fourth-order valence-electron chi connectivity index (χ4n) is 2.63. The zero-order chi connectivity index (χ0) is 21.8. The summed E-state index contributed by atoms with van der Waals surface area (Å²) in [5.41, 5.74) is 0.562. The van der Waals surface area contributed by atoms with Gasteiger partial charge in [0.1, 0.15) is 17.5 Å². The molecule has 1 N–H and O–H groups in total. The van der Waals surface area contributed by atoms with Crippen LogP contribution in [0.4, 0.5) is 11.4 Å². The molecule has 0 fully saturated rings. The van der Waals surface area contributed by atoms with Crippen molar-refractivity contribution in [3.63, 3.8) is 0 Å². The predicted molar refractivity (Wildman–Crippen MR) is 110 cm³/mol. The molecule has 0 aliphatic heterocycles. The van der Waals surface area contributed by atoms with Gasteiger partial charge in [-0.3, -0.25) is 13.9 Å². The first kappa shape index (κ1) is 22.5. The molecule has 0 heterocycles. The van der Waals surface area contributed by atoms with Gasteiger partial charge < -0.3 is 14.8 Å². The first-order valence-corrected chi connectivity index (χ1v) is 10.3. The Kier molecular flexibility index (Phi) is 7.10. The van der Waals surface area contributed by atoms with Gasteiger partial charge in [-0.15, -0.1) is 0 Å². The van der Waals surface area contributed by atoms with Crippen LogP contribution >= 0.6 is 11.6 Å². The number of sulfonamides is 1. The highest BCUT2D eigenvalue weighted by atomic mass is 35.5. The molecular formula is C19H21ClN2O6S. The van der Waals surface area contributed by atoms with Gasteiger partial charge in [0.05, 0.1) is 24.8 Å². The molecule has 1 amide bonds. The summed E-state index contributed by atoms with van der Waals surface area (Å²) in [4.78, 5) is 23.0. The lowest BCUT2D eigenvalue weighted by molar-refractivity contribution is -0.114. The van der Waals surface area contributed by atoms with Gasteiger partial charge in [-0.05, 0) is 54.9 Å². The van der Waals surface area contributed by atoms with Crippen LogP contribution in [0.15, 0.2) is 47.4 Å². The van der Waals surface area contributed by atoms with E-state index in [4.69, 9.17) is 21.1 Å². The summed E-state index contributed by atoms with van der Waals surface area (Å²) in [5.74, 6) is 0.353. The number of anilines is 2. The Balaban J connectivity index is 2.60. The Labute approximate surface area is 174 Å². The van der Waals surface area contributed by atoms with Crippen LogP contribution in [0.25, 0.3) is 0 Å². The molecule has 1 atom stereocenters. The van der Waals surface area contributed by atoms with Crippen molar-refractivity contribution >= 4 is 44.1 Å². The molecule has 0 saturated carbocycles. The lowest BCUT2D eigenvalue weighted by Crippen LogP contribution is -2.42. The van der Waals surface area contributed by atoms with Crippen molar-refractivity contribution in [2.24, 2.45) is 0 Å². The summed E-state index contributed by atoms with van der Waals surface area (Å²) in [5, 5.41) is 1.70. The molecule has 2 aromatic carbocycles. The Morgan fingerprint density at radius 2 is 1.69 bits per heavy atom. The summed E-state index contributed by atoms with van der Waals surface area (Å²) in [6, 6.07) is 8.87. The monoisotopic (exact) mass is 440 g/mol. The van der Waals surface area contributed by atoms with Crippen LogP contribution in [0.2, 0.25) is 0 Å². The average Bonchev–Trinajstić information content (AvgIpc) is 2.67. The van der Waals surface area contributed by atoms with Gasteiger partial charge in [0.25, 0.3) is 10.0 Å². The van der Waals surface area contributed by atoms with E-state index in [9.17, 15) is 18.0 Å². The van der Waals surface area contributed by atoms with E-state index in [1.807, 2.05) is 0 Å². The summed E-state index contributed by atoms with van der Waals surface area (Å²) in [7, 11) is -1.36. The maximum atomic E-state index is 13.4. The van der Waals surface area contributed by atoms with E-state index in [0.717, 1.165) is 4.31 Å². The quantitative estimate of drug-likeness (QED) is 0.633. The van der Waals surface area contributed by atoms with Crippen molar-refractivity contribution in [1.29, 1.82) is 0 Å². The van der Waals surface area contributed by atoms with Crippen LogP contribution in [0.1, 0.15) is 13.8 Å². The number of methoxy groups -OCH3 is 2. The van der Waals surface area contributed by atoms with E-state index in [-0.39, 0.29) is 22.2 Å². The van der Waals surface area contributed by atoms with Gasteiger partial charge in [0.15, 0.2) is 0 Å². The third-order valence-corrected chi connectivity index (χ3v) is 6.25. The summed E-state index contributed by atoms with van der Waals surface area (Å²) in [6.07, 6.45) is 0. The number of rotatable bonds is 8. The molecule has 2 aromatic rings. The molecule has 1 unspecified atom stereocenters. The zero-order valence-corrected chi connectivity index (χ0v) is 17.9. The standard InChI is InChI=1S/C19H21ClN2O6S/c1-12(19(20)24)22(17-10-7-15(27-3)11-18(17)28-4)29(25,26)16-8-5-14(6-9-16)21-13(2)23/h5-12H,1-4H3,(H,21,23). The first-order valence-electron chi connectivity index (χ1n) is 8.45. The normalized spacial score (nSPS) is 12.0. The fourth-order valence-corrected chi connectivity index (χ4v) is 4.42. The van der Waals surface area contributed by atoms with Gasteiger partial charge in [-0.25, -0.2) is 8.42 Å². The lowest BCUT2D eigenvalue weighted by atomic mass is 10.2. The number of nitrogens with one attached hydrogen (secondary N) is 1. The van der Waals surface area contributed by atoms with Gasteiger partial charge in [0.2, 0.25) is 11.1 Å². The third kappa shape index (κ3) is 4.99. The Morgan fingerprint density at radius 1 is 1.07 bits per heavy atom. The molecule has 0 bridgehead atoms. The van der Waals surface area contributed by atoms with Crippen LogP contribution in [0, 0.1) is 0 Å². The molecule has 156 valence electrons. The van der Waals surface area contributed by atoms with Crippen LogP contribution < -0.4 is 19.1 Å². The molecule has 2 rings (SSSR count). The summed E-state index contributed by atoms with van der Waals surface area (Å²) < 4.78 is 38.1. The molecular weight excluding hydrogens is 420 g/mol. The largest absolute Gasteiger partial charge is 0.497 e. The van der Waals surface area contributed by atoms with Crippen LogP contribution in [0.5, 0.6) is 11.5 Å². The highest BCUT2D eigenvalue weighted by Crippen LogP contribution is 2.37. The van der Waals surface area contributed by atoms with Crippen LogP contribution in [0.3, 0.4) is 0 Å². The van der Waals surface area contributed by atoms with E-state index in [2.05, 4.69) is 5.32 Å². The Bertz CT molecular complexity index is 1010. The minimum Gasteiger partial charge on any atom is -0.497 e. The molecule has 8 nitrogen and oxygen atoms in total. The molecule has 0 radical (unpaired) electrons. The van der Waals surface area contributed by atoms with Crippen molar-refractivity contribution in [2.75, 3.05) is 23.8 Å². The van der Waals surface area contributed by atoms with Gasteiger partial charge in [-0.2, -0.15) is 0 Å². The maximum absolute atomic E-state index is 13.4. The van der Waals surface area contributed by atoms with Crippen molar-refractivity contribution in [2.45, 2.75) is 24.8 Å². The Hall–Kier alpha value is -2.78. The second-order valence-electron chi connectivity index (χ2n) is 6.02. The van der Waals surface area contributed by atoms with E-state index in [1.165, 1.54) is 64.5 Å². The van der Waals surface area contributed by atoms with E-state index in [0.29, 0.717) is 11.4 Å². The molecule has 0 aliphatic rings. The second kappa shape index (κ2) is 9.15. The van der Waals surface area contributed by atoms with E-state index < -0.39 is 21.3 Å². The average molecular weight is 441 g/mol. The summed E-state index contributed by atoms with van der Waals surface area (Å²) in [6.45, 7) is 2.72. The van der Waals surface area contributed by atoms with Crippen LogP contribution in [-0.2, 0) is 19.6 Å². The topological polar surface area (TPSA) is 102 Å². The predicted octanol–water partition coefficient (Wildman–Crippen LogP) is 3.01. The minimum absolute atomic E-state index is 0.0887. The number of amides is 1. The number of carbonyl (C=O) groups is 2. The van der Waals surface area contributed by atoms with E-state index in [1.54, 1.807) is 6.07 Å². The van der Waals surface area contributed by atoms with Gasteiger partial charge >= 0.3 is 0 Å². The molecule has 0 aliphatic carbocycles. The maximum Gasteiger partial charge on any atom is 0.265 e. The number of nitrogens with zero attached hydrogens (tertiary/aromatic N) is 1. The number of benzene rings is 2. The molecule has 0 saturated heterocycles. The number of carbonyl (C=O) groups excluding carboxylic acids is 2. The highest BCUT2D eigenvalue weighted by Gasteiger charge is 2.34. The number of ether oxygens (including phenoxy) is 2. The molecule has 29 heavy (non-hydrogen) atoms. The molecule has 10 heteroatoms. The summed E-state index contributed by atoms with van der Waals surface area (Å²) >= 11 is 5.64. The second-order valence-corrected chi connectivity index (χ2v) is 8.21. The van der Waals surface area contributed by atoms with Crippen molar-refractivity contribution in [3.05, 3.63) is 42.5 Å². The van der Waals surface area contributed by atoms with Crippen molar-refractivity contribution in [1.82, 2.24) is 0 Å². The number of hydrogen-bond acceptors (Lipinski definition) is 6. The van der Waals surface area contributed by atoms with Gasteiger partial charge in [0, 0.05) is 18.7 Å². The lowest BCUT2D eigenvalue weighted by Gasteiger charge is -2.29. The van der Waals surface area contributed by atoms with Crippen LogP contribution in [-0.4, -0.2) is 39.8 Å². The minimum atomic E-state index is -4.20. The number of halogens is 1. The van der Waals surface area contributed by atoms with Gasteiger partial charge in [-0.1, -0.05) is 0 Å². The van der Waals surface area contributed by atoms with Crippen molar-refractivity contribution in [3.8, 4) is 11.5 Å². The Morgan fingerprint density at radius 3 is 2.17 bits per heavy atom. The number of hydrogen-bond donors (Lipinski definition) is 1. The molecule has 0 spiro atoms. The SMILES string of the molecule is COc1ccc(N(C(C)C(=O)Cl)S(=O)(=O)c2ccc(NC(C)=O)cc2)c(OC)c1. The third-order valence-electron chi connectivity index (χ3n) is 4.04. The fraction of sp³-hybridized carbons (Fsp3) is 0.263. The molecule has 0 aromatic heterocycles.